The highest BCUT2D eigenvalue weighted by atomic mass is 19.2. The second-order valence-corrected chi connectivity index (χ2v) is 3.38. The summed E-state index contributed by atoms with van der Waals surface area (Å²) in [4.78, 5) is 10.2. The van der Waals surface area contributed by atoms with E-state index in [1.165, 1.54) is 36.4 Å². The third kappa shape index (κ3) is 1.99. The second-order valence-electron chi connectivity index (χ2n) is 3.38. The van der Waals surface area contributed by atoms with Crippen LogP contribution < -0.4 is 0 Å². The van der Waals surface area contributed by atoms with Crippen molar-refractivity contribution in [1.82, 2.24) is 0 Å². The van der Waals surface area contributed by atoms with Crippen molar-refractivity contribution in [2.75, 3.05) is 0 Å². The maximum atomic E-state index is 13.5. The van der Waals surface area contributed by atoms with E-state index in [4.69, 9.17) is 0 Å². The molecular weight excluding hydrogens is 228 g/mol. The molecule has 2 aromatic rings. The van der Waals surface area contributed by atoms with Crippen LogP contribution in [0.5, 0.6) is 0 Å². The molecule has 5 heteroatoms. The number of para-hydroxylation sites is 1. The van der Waals surface area contributed by atoms with Crippen LogP contribution in [0.4, 0.5) is 14.5 Å². The Morgan fingerprint density at radius 2 is 1.59 bits per heavy atom. The lowest BCUT2D eigenvalue weighted by Gasteiger charge is -2.04. The first-order valence-corrected chi connectivity index (χ1v) is 4.79. The van der Waals surface area contributed by atoms with Gasteiger partial charge in [0.15, 0.2) is 11.6 Å². The average molecular weight is 235 g/mol. The summed E-state index contributed by atoms with van der Waals surface area (Å²) in [6.45, 7) is 0. The zero-order valence-corrected chi connectivity index (χ0v) is 8.56. The molecule has 0 aliphatic rings. The molecule has 0 saturated carbocycles. The quantitative estimate of drug-likeness (QED) is 0.590. The van der Waals surface area contributed by atoms with Crippen molar-refractivity contribution in [3.63, 3.8) is 0 Å². The molecule has 3 nitrogen and oxygen atoms in total. The second kappa shape index (κ2) is 4.29. The van der Waals surface area contributed by atoms with Crippen molar-refractivity contribution in [3.8, 4) is 11.1 Å². The molecule has 0 heterocycles. The topological polar surface area (TPSA) is 43.1 Å². The van der Waals surface area contributed by atoms with Crippen LogP contribution in [0.15, 0.2) is 42.5 Å². The van der Waals surface area contributed by atoms with E-state index in [1.807, 2.05) is 0 Å². The molecule has 0 N–H and O–H groups in total. The van der Waals surface area contributed by atoms with Gasteiger partial charge in [-0.1, -0.05) is 24.3 Å². The molecule has 0 radical (unpaired) electrons. The van der Waals surface area contributed by atoms with E-state index in [0.717, 1.165) is 6.07 Å². The molecule has 86 valence electrons. The summed E-state index contributed by atoms with van der Waals surface area (Å²) < 4.78 is 26.6. The summed E-state index contributed by atoms with van der Waals surface area (Å²) in [7, 11) is 0. The highest BCUT2D eigenvalue weighted by molar-refractivity contribution is 5.73. The summed E-state index contributed by atoms with van der Waals surface area (Å²) in [5.41, 5.74) is -0.302. The van der Waals surface area contributed by atoms with Gasteiger partial charge >= 0.3 is 0 Å². The van der Waals surface area contributed by atoms with Crippen molar-refractivity contribution in [2.45, 2.75) is 0 Å². The average Bonchev–Trinajstić information content (AvgIpc) is 2.33. The zero-order chi connectivity index (χ0) is 12.4. The maximum absolute atomic E-state index is 13.5. The van der Waals surface area contributed by atoms with Gasteiger partial charge in [0.2, 0.25) is 0 Å². The fourth-order valence-corrected chi connectivity index (χ4v) is 1.57. The van der Waals surface area contributed by atoms with Gasteiger partial charge in [0.05, 0.1) is 10.5 Å². The van der Waals surface area contributed by atoms with Crippen molar-refractivity contribution >= 4 is 5.69 Å². The molecule has 0 amide bonds. The van der Waals surface area contributed by atoms with Gasteiger partial charge in [-0.3, -0.25) is 10.1 Å². The van der Waals surface area contributed by atoms with Crippen LogP contribution in [0.1, 0.15) is 0 Å². The Balaban J connectivity index is 2.69. The minimum Gasteiger partial charge on any atom is -0.258 e. The number of nitro groups is 1. The Labute approximate surface area is 95.5 Å². The summed E-state index contributed by atoms with van der Waals surface area (Å²) >= 11 is 0. The number of nitrogens with zero attached hydrogens (tertiary/aromatic N) is 1. The van der Waals surface area contributed by atoms with Crippen molar-refractivity contribution < 1.29 is 13.7 Å². The van der Waals surface area contributed by atoms with Gasteiger partial charge < -0.3 is 0 Å². The van der Waals surface area contributed by atoms with E-state index in [9.17, 15) is 18.9 Å². The lowest BCUT2D eigenvalue weighted by molar-refractivity contribution is -0.384. The summed E-state index contributed by atoms with van der Waals surface area (Å²) in [6, 6.07) is 9.22. The van der Waals surface area contributed by atoms with Gasteiger partial charge in [-0.05, 0) is 12.1 Å². The molecule has 2 aromatic carbocycles. The normalized spacial score (nSPS) is 10.2. The number of halogens is 2. The monoisotopic (exact) mass is 235 g/mol. The summed E-state index contributed by atoms with van der Waals surface area (Å²) in [5, 5.41) is 10.8. The van der Waals surface area contributed by atoms with Gasteiger partial charge in [0, 0.05) is 11.6 Å². The minimum atomic E-state index is -1.08. The lowest BCUT2D eigenvalue weighted by Crippen LogP contribution is -1.94. The molecule has 0 unspecified atom stereocenters. The Morgan fingerprint density at radius 1 is 0.941 bits per heavy atom. The lowest BCUT2D eigenvalue weighted by atomic mass is 10.0. The van der Waals surface area contributed by atoms with E-state index in [-0.39, 0.29) is 16.8 Å². The van der Waals surface area contributed by atoms with Crippen LogP contribution in [0.3, 0.4) is 0 Å². The van der Waals surface area contributed by atoms with Gasteiger partial charge in [-0.25, -0.2) is 8.78 Å². The predicted octanol–water partition coefficient (Wildman–Crippen LogP) is 3.54. The molecule has 17 heavy (non-hydrogen) atoms. The Kier molecular flexibility index (Phi) is 2.82. The molecule has 0 atom stereocenters. The Bertz CT molecular complexity index is 584. The first-order valence-electron chi connectivity index (χ1n) is 4.79. The summed E-state index contributed by atoms with van der Waals surface area (Å²) in [6.07, 6.45) is 0. The third-order valence-corrected chi connectivity index (χ3v) is 2.34. The van der Waals surface area contributed by atoms with Crippen LogP contribution in [-0.2, 0) is 0 Å². The Morgan fingerprint density at radius 3 is 2.29 bits per heavy atom. The van der Waals surface area contributed by atoms with Crippen LogP contribution in [-0.4, -0.2) is 4.92 Å². The smallest absolute Gasteiger partial charge is 0.258 e. The van der Waals surface area contributed by atoms with E-state index in [1.54, 1.807) is 0 Å². The zero-order valence-electron chi connectivity index (χ0n) is 8.56. The molecule has 0 spiro atoms. The number of nitro benzene ring substituents is 1. The highest BCUT2D eigenvalue weighted by Gasteiger charge is 2.18. The SMILES string of the molecule is O=[N+]([O-])c1ccccc1-c1cccc(F)c1F. The third-order valence-electron chi connectivity index (χ3n) is 2.34. The van der Waals surface area contributed by atoms with E-state index < -0.39 is 16.6 Å². The first-order chi connectivity index (χ1) is 8.11. The van der Waals surface area contributed by atoms with Gasteiger partial charge in [0.25, 0.3) is 5.69 Å². The van der Waals surface area contributed by atoms with E-state index in [2.05, 4.69) is 0 Å². The molecule has 0 saturated heterocycles. The molecule has 2 rings (SSSR count). The fraction of sp³-hybridized carbons (Fsp3) is 0. The van der Waals surface area contributed by atoms with E-state index >= 15 is 0 Å². The molecule has 0 aliphatic heterocycles. The highest BCUT2D eigenvalue weighted by Crippen LogP contribution is 2.31. The maximum Gasteiger partial charge on any atom is 0.277 e. The van der Waals surface area contributed by atoms with E-state index in [0.29, 0.717) is 0 Å². The fourth-order valence-electron chi connectivity index (χ4n) is 1.57. The van der Waals surface area contributed by atoms with Crippen LogP contribution >= 0.6 is 0 Å². The molecule has 0 bridgehead atoms. The largest absolute Gasteiger partial charge is 0.277 e. The Hall–Kier alpha value is -2.30. The number of hydrogen-bond donors (Lipinski definition) is 0. The first kappa shape index (κ1) is 11.2. The minimum absolute atomic E-state index is 0.0644. The number of benzene rings is 2. The number of hydrogen-bond acceptors (Lipinski definition) is 2. The van der Waals surface area contributed by atoms with Gasteiger partial charge in [0.1, 0.15) is 0 Å². The molecule has 0 fully saturated rings. The van der Waals surface area contributed by atoms with Crippen LogP contribution in [0.25, 0.3) is 11.1 Å². The van der Waals surface area contributed by atoms with Crippen molar-refractivity contribution in [1.29, 1.82) is 0 Å². The predicted molar refractivity (Wildman–Crippen MR) is 58.4 cm³/mol. The van der Waals surface area contributed by atoms with Crippen molar-refractivity contribution in [3.05, 3.63) is 64.2 Å². The van der Waals surface area contributed by atoms with Crippen LogP contribution in [0.2, 0.25) is 0 Å². The van der Waals surface area contributed by atoms with Crippen molar-refractivity contribution in [2.24, 2.45) is 0 Å². The molecular formula is C12H7F2NO2. The summed E-state index contributed by atoms with van der Waals surface area (Å²) in [5.74, 6) is -2.11. The number of rotatable bonds is 2. The molecule has 0 aromatic heterocycles. The standard InChI is InChI=1S/C12H7F2NO2/c13-10-6-3-5-9(12(10)14)8-4-1-2-7-11(8)15(16)17/h1-7H. The van der Waals surface area contributed by atoms with Gasteiger partial charge in [-0.2, -0.15) is 0 Å². The van der Waals surface area contributed by atoms with Crippen LogP contribution in [0, 0.1) is 21.7 Å². The van der Waals surface area contributed by atoms with Gasteiger partial charge in [-0.15, -0.1) is 0 Å². The molecule has 0 aliphatic carbocycles.